The maximum atomic E-state index is 12.6. The van der Waals surface area contributed by atoms with Crippen LogP contribution in [-0.2, 0) is 22.6 Å². The Labute approximate surface area is 162 Å². The second kappa shape index (κ2) is 7.48. The molecule has 27 heavy (non-hydrogen) atoms. The van der Waals surface area contributed by atoms with Crippen LogP contribution in [0.4, 0.5) is 5.69 Å². The standard InChI is InChI=1S/C21H21N3O2S/c1-2-14-6-5-7-16(10-14)24-13-15(11-20(24)25)21(26)22-12-19-23-17-8-3-4-9-18(17)27-19/h3-10,15H,2,11-13H2,1H3,(H,22,26)/t15-/m1/s1. The third kappa shape index (κ3) is 3.71. The minimum atomic E-state index is -0.322. The summed E-state index contributed by atoms with van der Waals surface area (Å²) in [5.41, 5.74) is 3.01. The molecule has 1 fully saturated rings. The van der Waals surface area contributed by atoms with Gasteiger partial charge < -0.3 is 10.2 Å². The van der Waals surface area contributed by atoms with E-state index in [2.05, 4.69) is 17.2 Å². The van der Waals surface area contributed by atoms with Crippen molar-refractivity contribution in [1.82, 2.24) is 10.3 Å². The van der Waals surface area contributed by atoms with Crippen molar-refractivity contribution in [3.05, 3.63) is 59.1 Å². The molecule has 3 aromatic rings. The quantitative estimate of drug-likeness (QED) is 0.738. The lowest BCUT2D eigenvalue weighted by Crippen LogP contribution is -2.32. The normalized spacial score (nSPS) is 16.9. The zero-order valence-corrected chi connectivity index (χ0v) is 16.0. The number of thiazole rings is 1. The summed E-state index contributed by atoms with van der Waals surface area (Å²) in [5.74, 6) is -0.405. The number of nitrogens with zero attached hydrogens (tertiary/aromatic N) is 2. The number of carbonyl (C=O) groups is 2. The van der Waals surface area contributed by atoms with Crippen LogP contribution in [0, 0.1) is 5.92 Å². The Balaban J connectivity index is 1.40. The Morgan fingerprint density at radius 2 is 2.11 bits per heavy atom. The number of fused-ring (bicyclic) bond motifs is 1. The first kappa shape index (κ1) is 17.7. The van der Waals surface area contributed by atoms with Crippen molar-refractivity contribution in [2.45, 2.75) is 26.3 Å². The van der Waals surface area contributed by atoms with Crippen molar-refractivity contribution in [3.63, 3.8) is 0 Å². The SMILES string of the molecule is CCc1cccc(N2C[C@H](C(=O)NCc3nc4ccccc4s3)CC2=O)c1. The van der Waals surface area contributed by atoms with Gasteiger partial charge >= 0.3 is 0 Å². The first-order valence-electron chi connectivity index (χ1n) is 9.15. The van der Waals surface area contributed by atoms with Crippen LogP contribution in [0.5, 0.6) is 0 Å². The Hall–Kier alpha value is -2.73. The van der Waals surface area contributed by atoms with Crippen molar-refractivity contribution in [2.24, 2.45) is 5.92 Å². The molecular weight excluding hydrogens is 358 g/mol. The second-order valence-electron chi connectivity index (χ2n) is 6.72. The van der Waals surface area contributed by atoms with Crippen LogP contribution in [0.1, 0.15) is 23.9 Å². The van der Waals surface area contributed by atoms with Gasteiger partial charge in [0.25, 0.3) is 0 Å². The maximum Gasteiger partial charge on any atom is 0.227 e. The molecule has 138 valence electrons. The number of anilines is 1. The number of hydrogen-bond donors (Lipinski definition) is 1. The monoisotopic (exact) mass is 379 g/mol. The molecule has 6 heteroatoms. The lowest BCUT2D eigenvalue weighted by Gasteiger charge is -2.17. The smallest absolute Gasteiger partial charge is 0.227 e. The highest BCUT2D eigenvalue weighted by atomic mass is 32.1. The number of hydrogen-bond acceptors (Lipinski definition) is 4. The average Bonchev–Trinajstić information content (AvgIpc) is 3.29. The molecule has 1 aliphatic heterocycles. The van der Waals surface area contributed by atoms with Gasteiger partial charge in [0.05, 0.1) is 22.7 Å². The highest BCUT2D eigenvalue weighted by Gasteiger charge is 2.35. The van der Waals surface area contributed by atoms with Gasteiger partial charge in [0.2, 0.25) is 11.8 Å². The number of para-hydroxylation sites is 1. The van der Waals surface area contributed by atoms with Gasteiger partial charge in [0, 0.05) is 18.7 Å². The van der Waals surface area contributed by atoms with Crippen molar-refractivity contribution < 1.29 is 9.59 Å². The summed E-state index contributed by atoms with van der Waals surface area (Å²) in [4.78, 5) is 31.2. The van der Waals surface area contributed by atoms with Gasteiger partial charge in [-0.15, -0.1) is 11.3 Å². The molecule has 0 bridgehead atoms. The predicted molar refractivity (Wildman–Crippen MR) is 108 cm³/mol. The van der Waals surface area contributed by atoms with Gasteiger partial charge in [-0.05, 0) is 36.2 Å². The molecule has 1 N–H and O–H groups in total. The molecular formula is C21H21N3O2S. The molecule has 0 aliphatic carbocycles. The zero-order valence-electron chi connectivity index (χ0n) is 15.1. The second-order valence-corrected chi connectivity index (χ2v) is 7.84. The Kier molecular flexibility index (Phi) is 4.90. The molecule has 0 saturated carbocycles. The molecule has 1 saturated heterocycles. The van der Waals surface area contributed by atoms with E-state index < -0.39 is 0 Å². The van der Waals surface area contributed by atoms with Crippen LogP contribution in [0.3, 0.4) is 0 Å². The summed E-state index contributed by atoms with van der Waals surface area (Å²) in [6.07, 6.45) is 1.17. The highest BCUT2D eigenvalue weighted by Crippen LogP contribution is 2.26. The fourth-order valence-electron chi connectivity index (χ4n) is 3.38. The summed E-state index contributed by atoms with van der Waals surface area (Å²) >= 11 is 1.58. The fraction of sp³-hybridized carbons (Fsp3) is 0.286. The fourth-order valence-corrected chi connectivity index (χ4v) is 4.29. The Bertz CT molecular complexity index is 965. The minimum absolute atomic E-state index is 0.00314. The minimum Gasteiger partial charge on any atom is -0.349 e. The van der Waals surface area contributed by atoms with Gasteiger partial charge in [-0.2, -0.15) is 0 Å². The number of aryl methyl sites for hydroxylation is 1. The third-order valence-electron chi connectivity index (χ3n) is 4.88. The predicted octanol–water partition coefficient (Wildman–Crippen LogP) is 3.53. The van der Waals surface area contributed by atoms with E-state index in [9.17, 15) is 9.59 Å². The van der Waals surface area contributed by atoms with Gasteiger partial charge in [-0.1, -0.05) is 31.2 Å². The summed E-state index contributed by atoms with van der Waals surface area (Å²) in [6.45, 7) is 2.91. The van der Waals surface area contributed by atoms with Crippen LogP contribution >= 0.6 is 11.3 Å². The van der Waals surface area contributed by atoms with Gasteiger partial charge in [0.1, 0.15) is 5.01 Å². The maximum absolute atomic E-state index is 12.6. The molecule has 1 aromatic heterocycles. The number of rotatable bonds is 5. The average molecular weight is 379 g/mol. The summed E-state index contributed by atoms with van der Waals surface area (Å²) in [7, 11) is 0. The number of amides is 2. The number of nitrogens with one attached hydrogen (secondary N) is 1. The van der Waals surface area contributed by atoms with Crippen LogP contribution in [-0.4, -0.2) is 23.3 Å². The van der Waals surface area contributed by atoms with Gasteiger partial charge in [-0.3, -0.25) is 9.59 Å². The first-order chi connectivity index (χ1) is 13.1. The highest BCUT2D eigenvalue weighted by molar-refractivity contribution is 7.18. The van der Waals surface area contributed by atoms with E-state index in [4.69, 9.17) is 0 Å². The van der Waals surface area contributed by atoms with Crippen molar-refractivity contribution in [3.8, 4) is 0 Å². The van der Waals surface area contributed by atoms with Crippen molar-refractivity contribution in [2.75, 3.05) is 11.4 Å². The molecule has 2 aromatic carbocycles. The Morgan fingerprint density at radius 3 is 2.93 bits per heavy atom. The van der Waals surface area contributed by atoms with Gasteiger partial charge in [-0.25, -0.2) is 4.98 Å². The molecule has 2 heterocycles. The van der Waals surface area contributed by atoms with Crippen LogP contribution in [0.15, 0.2) is 48.5 Å². The van der Waals surface area contributed by atoms with E-state index >= 15 is 0 Å². The summed E-state index contributed by atoms with van der Waals surface area (Å²) in [5, 5.41) is 3.82. The van der Waals surface area contributed by atoms with E-state index in [0.717, 1.165) is 27.3 Å². The summed E-state index contributed by atoms with van der Waals surface area (Å²) in [6, 6.07) is 15.9. The topological polar surface area (TPSA) is 62.3 Å². The Morgan fingerprint density at radius 1 is 1.26 bits per heavy atom. The first-order valence-corrected chi connectivity index (χ1v) is 9.97. The van der Waals surface area contributed by atoms with E-state index in [1.807, 2.05) is 48.5 Å². The van der Waals surface area contributed by atoms with Crippen molar-refractivity contribution in [1.29, 1.82) is 0 Å². The third-order valence-corrected chi connectivity index (χ3v) is 5.91. The lowest BCUT2D eigenvalue weighted by molar-refractivity contribution is -0.126. The molecule has 0 spiro atoms. The number of carbonyl (C=O) groups excluding carboxylic acids is 2. The van der Waals surface area contributed by atoms with Crippen LogP contribution < -0.4 is 10.2 Å². The van der Waals surface area contributed by atoms with Crippen LogP contribution in [0.25, 0.3) is 10.2 Å². The molecule has 1 aliphatic rings. The zero-order chi connectivity index (χ0) is 18.8. The van der Waals surface area contributed by atoms with Crippen molar-refractivity contribution >= 4 is 39.1 Å². The molecule has 5 nitrogen and oxygen atoms in total. The molecule has 0 radical (unpaired) electrons. The lowest BCUT2D eigenvalue weighted by atomic mass is 10.1. The summed E-state index contributed by atoms with van der Waals surface area (Å²) < 4.78 is 1.11. The number of aromatic nitrogens is 1. The molecule has 4 rings (SSSR count). The molecule has 0 unspecified atom stereocenters. The van der Waals surface area contributed by atoms with E-state index in [1.54, 1.807) is 16.2 Å². The van der Waals surface area contributed by atoms with E-state index in [-0.39, 0.29) is 24.2 Å². The van der Waals surface area contributed by atoms with E-state index in [0.29, 0.717) is 13.1 Å². The van der Waals surface area contributed by atoms with Gasteiger partial charge in [0.15, 0.2) is 0 Å². The number of benzene rings is 2. The molecule has 1 atom stereocenters. The van der Waals surface area contributed by atoms with E-state index in [1.165, 1.54) is 5.56 Å². The molecule has 2 amide bonds. The van der Waals surface area contributed by atoms with Crippen LogP contribution in [0.2, 0.25) is 0 Å². The largest absolute Gasteiger partial charge is 0.349 e.